The summed E-state index contributed by atoms with van der Waals surface area (Å²) in [5.74, 6) is 0.0918. The van der Waals surface area contributed by atoms with Crippen molar-refractivity contribution in [3.63, 3.8) is 0 Å². The van der Waals surface area contributed by atoms with Crippen LogP contribution in [-0.4, -0.2) is 19.0 Å². The maximum absolute atomic E-state index is 12.0. The molecule has 2 aromatic carbocycles. The van der Waals surface area contributed by atoms with Crippen LogP contribution in [0.3, 0.4) is 0 Å². The molecule has 3 heteroatoms. The predicted molar refractivity (Wildman–Crippen MR) is 83.6 cm³/mol. The van der Waals surface area contributed by atoms with Crippen molar-refractivity contribution in [1.29, 1.82) is 0 Å². The molecule has 2 rings (SSSR count). The van der Waals surface area contributed by atoms with Gasteiger partial charge in [0, 0.05) is 6.54 Å². The van der Waals surface area contributed by atoms with Gasteiger partial charge in [-0.15, -0.1) is 0 Å². The molecule has 0 heterocycles. The van der Waals surface area contributed by atoms with Gasteiger partial charge in [-0.25, -0.2) is 0 Å². The number of nitrogens with one attached hydrogen (secondary N) is 1. The largest absolute Gasteiger partial charge is 0.356 e. The first-order valence-corrected chi connectivity index (χ1v) is 7.24. The summed E-state index contributed by atoms with van der Waals surface area (Å²) in [4.78, 5) is 12.0. The molecule has 0 atom stereocenters. The number of fused-ring (bicyclic) bond motifs is 1. The van der Waals surface area contributed by atoms with E-state index in [1.807, 2.05) is 24.3 Å². The number of carbonyl (C=O) groups is 1. The summed E-state index contributed by atoms with van der Waals surface area (Å²) in [7, 11) is 0. The van der Waals surface area contributed by atoms with Gasteiger partial charge in [0.2, 0.25) is 5.91 Å². The second-order valence-electron chi connectivity index (χ2n) is 5.01. The topological polar surface area (TPSA) is 55.1 Å². The van der Waals surface area contributed by atoms with E-state index in [4.69, 9.17) is 5.73 Å². The molecule has 0 aromatic heterocycles. The van der Waals surface area contributed by atoms with Crippen LogP contribution in [0.1, 0.15) is 24.8 Å². The molecule has 2 aromatic rings. The molecule has 0 saturated carbocycles. The number of amides is 1. The van der Waals surface area contributed by atoms with E-state index in [9.17, 15) is 4.79 Å². The van der Waals surface area contributed by atoms with Crippen LogP contribution in [0.25, 0.3) is 10.8 Å². The normalized spacial score (nSPS) is 10.7. The lowest BCUT2D eigenvalue weighted by molar-refractivity contribution is -0.120. The average Bonchev–Trinajstić information content (AvgIpc) is 2.47. The number of unbranched alkanes of at least 4 members (excludes halogenated alkanes) is 2. The van der Waals surface area contributed by atoms with Gasteiger partial charge in [-0.05, 0) is 35.7 Å². The highest BCUT2D eigenvalue weighted by Gasteiger charge is 2.06. The molecule has 3 N–H and O–H groups in total. The van der Waals surface area contributed by atoms with E-state index in [2.05, 4.69) is 23.5 Å². The van der Waals surface area contributed by atoms with Crippen molar-refractivity contribution in [1.82, 2.24) is 5.32 Å². The molecule has 0 unspecified atom stereocenters. The lowest BCUT2D eigenvalue weighted by atomic mass is 10.0. The maximum atomic E-state index is 12.0. The van der Waals surface area contributed by atoms with Crippen LogP contribution < -0.4 is 11.1 Å². The molecule has 1 amide bonds. The Kier molecular flexibility index (Phi) is 5.56. The Hall–Kier alpha value is -1.87. The van der Waals surface area contributed by atoms with Gasteiger partial charge in [-0.2, -0.15) is 0 Å². The Bertz CT molecular complexity index is 560. The van der Waals surface area contributed by atoms with Gasteiger partial charge in [-0.3, -0.25) is 4.79 Å². The van der Waals surface area contributed by atoms with Crippen molar-refractivity contribution in [3.05, 3.63) is 48.0 Å². The van der Waals surface area contributed by atoms with Crippen molar-refractivity contribution >= 4 is 16.7 Å². The van der Waals surface area contributed by atoms with Gasteiger partial charge in [-0.1, -0.05) is 48.9 Å². The zero-order valence-corrected chi connectivity index (χ0v) is 11.8. The van der Waals surface area contributed by atoms with Crippen molar-refractivity contribution in [3.8, 4) is 0 Å². The minimum atomic E-state index is 0.0918. The molecule has 0 aliphatic rings. The number of nitrogens with two attached hydrogens (primary N) is 1. The molecule has 0 fully saturated rings. The third-order valence-corrected chi connectivity index (χ3v) is 3.43. The monoisotopic (exact) mass is 270 g/mol. The van der Waals surface area contributed by atoms with Crippen molar-refractivity contribution < 1.29 is 4.79 Å². The highest BCUT2D eigenvalue weighted by Crippen LogP contribution is 2.18. The summed E-state index contributed by atoms with van der Waals surface area (Å²) >= 11 is 0. The van der Waals surface area contributed by atoms with E-state index in [1.54, 1.807) is 0 Å². The summed E-state index contributed by atoms with van der Waals surface area (Å²) in [6, 6.07) is 14.3. The molecule has 0 aliphatic carbocycles. The molecule has 0 radical (unpaired) electrons. The third kappa shape index (κ3) is 4.07. The molecule has 0 saturated heterocycles. The zero-order chi connectivity index (χ0) is 14.2. The standard InChI is InChI=1S/C17H22N2O/c18-11-4-1-5-12-19-17(20)13-15-9-6-8-14-7-2-3-10-16(14)15/h2-3,6-10H,1,4-5,11-13,18H2,(H,19,20). The van der Waals surface area contributed by atoms with Crippen molar-refractivity contribution in [2.75, 3.05) is 13.1 Å². The Morgan fingerprint density at radius 1 is 1.00 bits per heavy atom. The highest BCUT2D eigenvalue weighted by molar-refractivity contribution is 5.90. The number of hydrogen-bond acceptors (Lipinski definition) is 2. The van der Waals surface area contributed by atoms with E-state index < -0.39 is 0 Å². The number of rotatable bonds is 7. The molecule has 3 nitrogen and oxygen atoms in total. The van der Waals surface area contributed by atoms with Crippen LogP contribution in [0, 0.1) is 0 Å². The van der Waals surface area contributed by atoms with Crippen LogP contribution in [0.4, 0.5) is 0 Å². The van der Waals surface area contributed by atoms with Crippen LogP contribution in [-0.2, 0) is 11.2 Å². The van der Waals surface area contributed by atoms with E-state index in [-0.39, 0.29) is 5.91 Å². The Balaban J connectivity index is 1.90. The number of carbonyl (C=O) groups excluding carboxylic acids is 1. The van der Waals surface area contributed by atoms with Crippen LogP contribution in [0.15, 0.2) is 42.5 Å². The maximum Gasteiger partial charge on any atom is 0.224 e. The summed E-state index contributed by atoms with van der Waals surface area (Å²) < 4.78 is 0. The van der Waals surface area contributed by atoms with Crippen LogP contribution >= 0.6 is 0 Å². The van der Waals surface area contributed by atoms with Gasteiger partial charge in [0.15, 0.2) is 0 Å². The average molecular weight is 270 g/mol. The predicted octanol–water partition coefficient (Wildman–Crippen LogP) is 2.63. The Morgan fingerprint density at radius 3 is 2.65 bits per heavy atom. The fourth-order valence-electron chi connectivity index (χ4n) is 2.36. The van der Waals surface area contributed by atoms with Gasteiger partial charge in [0.1, 0.15) is 0 Å². The minimum Gasteiger partial charge on any atom is -0.356 e. The van der Waals surface area contributed by atoms with Gasteiger partial charge >= 0.3 is 0 Å². The molecule has 20 heavy (non-hydrogen) atoms. The highest BCUT2D eigenvalue weighted by atomic mass is 16.1. The van der Waals surface area contributed by atoms with E-state index in [0.717, 1.165) is 43.3 Å². The number of benzene rings is 2. The summed E-state index contributed by atoms with van der Waals surface area (Å²) in [6.45, 7) is 1.47. The fourth-order valence-corrected chi connectivity index (χ4v) is 2.36. The summed E-state index contributed by atoms with van der Waals surface area (Å²) in [6.07, 6.45) is 3.54. The molecule has 0 aliphatic heterocycles. The Labute approximate surface area is 120 Å². The minimum absolute atomic E-state index is 0.0918. The van der Waals surface area contributed by atoms with Crippen molar-refractivity contribution in [2.45, 2.75) is 25.7 Å². The van der Waals surface area contributed by atoms with Crippen molar-refractivity contribution in [2.24, 2.45) is 5.73 Å². The Morgan fingerprint density at radius 2 is 1.80 bits per heavy atom. The smallest absolute Gasteiger partial charge is 0.224 e. The summed E-state index contributed by atoms with van der Waals surface area (Å²) in [5.41, 5.74) is 6.52. The molecule has 0 bridgehead atoms. The molecule has 106 valence electrons. The number of hydrogen-bond donors (Lipinski definition) is 2. The van der Waals surface area contributed by atoms with Crippen LogP contribution in [0.2, 0.25) is 0 Å². The first-order chi connectivity index (χ1) is 9.81. The van der Waals surface area contributed by atoms with E-state index in [1.165, 1.54) is 5.39 Å². The first kappa shape index (κ1) is 14.5. The summed E-state index contributed by atoms with van der Waals surface area (Å²) in [5, 5.41) is 5.32. The van der Waals surface area contributed by atoms with E-state index in [0.29, 0.717) is 6.42 Å². The quantitative estimate of drug-likeness (QED) is 0.760. The zero-order valence-electron chi connectivity index (χ0n) is 11.8. The SMILES string of the molecule is NCCCCCNC(=O)Cc1cccc2ccccc12. The molecule has 0 spiro atoms. The van der Waals surface area contributed by atoms with E-state index >= 15 is 0 Å². The van der Waals surface area contributed by atoms with Gasteiger partial charge in [0.25, 0.3) is 0 Å². The van der Waals surface area contributed by atoms with Gasteiger partial charge in [0.05, 0.1) is 6.42 Å². The molecular weight excluding hydrogens is 248 g/mol. The lowest BCUT2D eigenvalue weighted by Gasteiger charge is -2.08. The van der Waals surface area contributed by atoms with Gasteiger partial charge < -0.3 is 11.1 Å². The second kappa shape index (κ2) is 7.65. The fraction of sp³-hybridized carbons (Fsp3) is 0.353. The first-order valence-electron chi connectivity index (χ1n) is 7.24. The second-order valence-corrected chi connectivity index (χ2v) is 5.01. The molecular formula is C17H22N2O. The third-order valence-electron chi connectivity index (χ3n) is 3.43. The lowest BCUT2D eigenvalue weighted by Crippen LogP contribution is -2.26. The van der Waals surface area contributed by atoms with Crippen LogP contribution in [0.5, 0.6) is 0 Å².